The van der Waals surface area contributed by atoms with Gasteiger partial charge in [-0.05, 0) is 6.42 Å². The molecule has 0 aromatic heterocycles. The third-order valence-corrected chi connectivity index (χ3v) is 4.10. The maximum absolute atomic E-state index is 9.22. The van der Waals surface area contributed by atoms with Gasteiger partial charge < -0.3 is 43.0 Å². The van der Waals surface area contributed by atoms with Crippen LogP contribution in [0.25, 0.3) is 0 Å². The molecule has 0 aliphatic carbocycles. The van der Waals surface area contributed by atoms with Crippen molar-refractivity contribution in [1.29, 1.82) is 0 Å². The van der Waals surface area contributed by atoms with Crippen molar-refractivity contribution in [3.63, 3.8) is 0 Å². The molecule has 174 valence electrons. The van der Waals surface area contributed by atoms with Gasteiger partial charge in [-0.15, -0.1) is 0 Å². The van der Waals surface area contributed by atoms with Crippen molar-refractivity contribution in [3.05, 3.63) is 0 Å². The van der Waals surface area contributed by atoms with Gasteiger partial charge in [0.1, 0.15) is 5.60 Å². The molecule has 9 heteroatoms. The van der Waals surface area contributed by atoms with Crippen molar-refractivity contribution < 1.29 is 43.0 Å². The molecular weight excluding hydrogens is 384 g/mol. The molecular formula is C20H40O9. The van der Waals surface area contributed by atoms with Crippen LogP contribution < -0.4 is 0 Å². The maximum atomic E-state index is 9.22. The van der Waals surface area contributed by atoms with Crippen LogP contribution in [0.1, 0.15) is 19.8 Å². The van der Waals surface area contributed by atoms with Crippen LogP contribution in [-0.2, 0) is 37.9 Å². The van der Waals surface area contributed by atoms with Crippen molar-refractivity contribution in [1.82, 2.24) is 0 Å². The maximum Gasteiger partial charge on any atom is 0.138 e. The Bertz CT molecular complexity index is 324. The van der Waals surface area contributed by atoms with E-state index in [0.29, 0.717) is 79.3 Å². The Morgan fingerprint density at radius 2 is 1.14 bits per heavy atom. The van der Waals surface area contributed by atoms with E-state index in [2.05, 4.69) is 6.92 Å². The SMILES string of the molecule is CCCCOCC1(OCCO)COCCOCCOCCOCCOCCOC1. The van der Waals surface area contributed by atoms with Crippen molar-refractivity contribution >= 4 is 0 Å². The van der Waals surface area contributed by atoms with Gasteiger partial charge in [-0.25, -0.2) is 0 Å². The van der Waals surface area contributed by atoms with Gasteiger partial charge in [-0.3, -0.25) is 0 Å². The van der Waals surface area contributed by atoms with E-state index in [9.17, 15) is 5.11 Å². The summed E-state index contributed by atoms with van der Waals surface area (Å²) in [5.41, 5.74) is -0.786. The molecule has 0 aromatic carbocycles. The van der Waals surface area contributed by atoms with Gasteiger partial charge in [0, 0.05) is 6.61 Å². The highest BCUT2D eigenvalue weighted by molar-refractivity contribution is 4.81. The van der Waals surface area contributed by atoms with Crippen LogP contribution >= 0.6 is 0 Å². The lowest BCUT2D eigenvalue weighted by Crippen LogP contribution is -2.48. The molecule has 9 nitrogen and oxygen atoms in total. The Morgan fingerprint density at radius 1 is 0.690 bits per heavy atom. The van der Waals surface area contributed by atoms with Crippen molar-refractivity contribution in [2.45, 2.75) is 25.4 Å². The molecule has 0 radical (unpaired) electrons. The third kappa shape index (κ3) is 15.1. The molecule has 1 rings (SSSR count). The molecule has 1 heterocycles. The summed E-state index contributed by atoms with van der Waals surface area (Å²) in [4.78, 5) is 0. The van der Waals surface area contributed by atoms with E-state index in [4.69, 9.17) is 37.9 Å². The predicted octanol–water partition coefficient (Wildman–Crippen LogP) is 0.664. The first-order chi connectivity index (χ1) is 14.3. The summed E-state index contributed by atoms with van der Waals surface area (Å²) in [6, 6.07) is 0. The van der Waals surface area contributed by atoms with E-state index >= 15 is 0 Å². The van der Waals surface area contributed by atoms with Crippen LogP contribution in [-0.4, -0.2) is 116 Å². The minimum absolute atomic E-state index is 0.0804. The van der Waals surface area contributed by atoms with Crippen LogP contribution in [0.15, 0.2) is 0 Å². The molecule has 0 amide bonds. The van der Waals surface area contributed by atoms with Gasteiger partial charge in [0.15, 0.2) is 0 Å². The van der Waals surface area contributed by atoms with E-state index < -0.39 is 5.60 Å². The second-order valence-electron chi connectivity index (χ2n) is 6.72. The highest BCUT2D eigenvalue weighted by Gasteiger charge is 2.33. The summed E-state index contributed by atoms with van der Waals surface area (Å²) >= 11 is 0. The first-order valence-electron chi connectivity index (χ1n) is 10.6. The molecule has 1 fully saturated rings. The van der Waals surface area contributed by atoms with Crippen LogP contribution in [0.5, 0.6) is 0 Å². The molecule has 1 aliphatic heterocycles. The first kappa shape index (κ1) is 26.7. The van der Waals surface area contributed by atoms with Crippen LogP contribution in [0.4, 0.5) is 0 Å². The van der Waals surface area contributed by atoms with Crippen molar-refractivity contribution in [3.8, 4) is 0 Å². The van der Waals surface area contributed by atoms with Gasteiger partial charge in [0.2, 0.25) is 0 Å². The number of ether oxygens (including phenoxy) is 8. The molecule has 0 spiro atoms. The van der Waals surface area contributed by atoms with Crippen LogP contribution in [0.2, 0.25) is 0 Å². The van der Waals surface area contributed by atoms with Gasteiger partial charge in [0.25, 0.3) is 0 Å². The van der Waals surface area contributed by atoms with Gasteiger partial charge >= 0.3 is 0 Å². The van der Waals surface area contributed by atoms with E-state index in [1.165, 1.54) is 0 Å². The molecule has 1 aliphatic rings. The fraction of sp³-hybridized carbons (Fsp3) is 1.00. The third-order valence-electron chi connectivity index (χ3n) is 4.10. The molecule has 0 unspecified atom stereocenters. The van der Waals surface area contributed by atoms with E-state index in [-0.39, 0.29) is 26.4 Å². The predicted molar refractivity (Wildman–Crippen MR) is 106 cm³/mol. The molecule has 1 N–H and O–H groups in total. The average Bonchev–Trinajstić information content (AvgIpc) is 2.74. The topological polar surface area (TPSA) is 94.1 Å². The summed E-state index contributed by atoms with van der Waals surface area (Å²) in [6.45, 7) is 8.63. The molecule has 0 saturated carbocycles. The lowest BCUT2D eigenvalue weighted by molar-refractivity contribution is -0.174. The van der Waals surface area contributed by atoms with Crippen LogP contribution in [0.3, 0.4) is 0 Å². The monoisotopic (exact) mass is 424 g/mol. The number of unbranched alkanes of at least 4 members (excludes halogenated alkanes) is 1. The lowest BCUT2D eigenvalue weighted by atomic mass is 10.1. The van der Waals surface area contributed by atoms with E-state index in [1.54, 1.807) is 0 Å². The number of hydrogen-bond acceptors (Lipinski definition) is 9. The number of aliphatic hydroxyl groups excluding tert-OH is 1. The van der Waals surface area contributed by atoms with E-state index in [0.717, 1.165) is 12.8 Å². The normalized spacial score (nSPS) is 21.7. The summed E-state index contributed by atoms with van der Waals surface area (Å²) < 4.78 is 45.2. The molecule has 1 saturated heterocycles. The second kappa shape index (κ2) is 19.6. The first-order valence-corrected chi connectivity index (χ1v) is 10.6. The largest absolute Gasteiger partial charge is 0.394 e. The number of rotatable bonds is 8. The molecule has 0 atom stereocenters. The lowest BCUT2D eigenvalue weighted by Gasteiger charge is -2.33. The van der Waals surface area contributed by atoms with E-state index in [1.807, 2.05) is 0 Å². The zero-order valence-electron chi connectivity index (χ0n) is 17.9. The molecule has 0 bridgehead atoms. The molecule has 29 heavy (non-hydrogen) atoms. The highest BCUT2D eigenvalue weighted by atomic mass is 16.6. The standard InChI is InChI=1S/C20H40O9/c1-2-3-5-26-17-20(29-6-4-21)18-27-15-13-24-11-9-22-7-8-23-10-12-25-14-16-28-19-20/h21H,2-19H2,1H3. The number of hydrogen-bond donors (Lipinski definition) is 1. The van der Waals surface area contributed by atoms with Gasteiger partial charge in [-0.2, -0.15) is 0 Å². The highest BCUT2D eigenvalue weighted by Crippen LogP contribution is 2.15. The van der Waals surface area contributed by atoms with Crippen molar-refractivity contribution in [2.75, 3.05) is 106 Å². The van der Waals surface area contributed by atoms with Gasteiger partial charge in [-0.1, -0.05) is 13.3 Å². The zero-order valence-corrected chi connectivity index (χ0v) is 17.9. The zero-order chi connectivity index (χ0) is 20.9. The number of aliphatic hydroxyl groups is 1. The Kier molecular flexibility index (Phi) is 18.0. The fourth-order valence-corrected chi connectivity index (χ4v) is 2.53. The van der Waals surface area contributed by atoms with Crippen molar-refractivity contribution in [2.24, 2.45) is 0 Å². The van der Waals surface area contributed by atoms with Gasteiger partial charge in [0.05, 0.1) is 99.1 Å². The Hall–Kier alpha value is -0.360. The summed E-state index contributed by atoms with van der Waals surface area (Å²) in [7, 11) is 0. The Balaban J connectivity index is 2.54. The smallest absolute Gasteiger partial charge is 0.138 e. The minimum atomic E-state index is -0.786. The summed E-state index contributed by atoms with van der Waals surface area (Å²) in [5.74, 6) is 0. The summed E-state index contributed by atoms with van der Waals surface area (Å²) in [6.07, 6.45) is 2.03. The molecule has 0 aromatic rings. The minimum Gasteiger partial charge on any atom is -0.394 e. The Labute approximate surface area is 174 Å². The summed E-state index contributed by atoms with van der Waals surface area (Å²) in [5, 5.41) is 9.22. The quantitative estimate of drug-likeness (QED) is 0.564. The van der Waals surface area contributed by atoms with Crippen LogP contribution in [0, 0.1) is 0 Å². The second-order valence-corrected chi connectivity index (χ2v) is 6.72. The fourth-order valence-electron chi connectivity index (χ4n) is 2.53. The Morgan fingerprint density at radius 3 is 1.55 bits per heavy atom. The average molecular weight is 425 g/mol.